The number of rotatable bonds is 18. The van der Waals surface area contributed by atoms with Crippen LogP contribution in [-0.4, -0.2) is 79.1 Å². The lowest BCUT2D eigenvalue weighted by Gasteiger charge is -2.52. The molecule has 0 aromatic heterocycles. The van der Waals surface area contributed by atoms with E-state index in [9.17, 15) is 39.0 Å². The molecule has 12 heteroatoms. The maximum Gasteiger partial charge on any atom is 0.330 e. The molecular weight excluding hydrogens is 464 g/mol. The molecule has 200 valence electrons. The number of hydrogen-bond acceptors (Lipinski definition) is 6. The number of likely N-dealkylation sites (N-methyl/N-ethyl adjacent to an activating group) is 1. The number of amides is 2. The topological polar surface area (TPSA) is 199 Å². The highest BCUT2D eigenvalue weighted by molar-refractivity contribution is 5.89. The van der Waals surface area contributed by atoms with Crippen molar-refractivity contribution in [2.24, 2.45) is 5.41 Å². The highest BCUT2D eigenvalue weighted by Gasteiger charge is 2.59. The minimum Gasteiger partial charge on any atom is -0.481 e. The average Bonchev–Trinajstić information content (AvgIpc) is 2.77. The van der Waals surface area contributed by atoms with Crippen LogP contribution in [0.1, 0.15) is 85.5 Å². The standard InChI is InChI=1S/C23H38N2O10/c1-5-22(6-2,14-19(30)31)23(7-3,21(34)35)25(8-4)17(27)11-9-10-16(26)24-15(20(32)33)12-13-18(28)29/h15H,5-14H2,1-4H3,(H,24,26)(H,28,29)(H,30,31)(H,32,33)(H,34,35)/t15?,23-/m1/s1. The zero-order valence-electron chi connectivity index (χ0n) is 20.8. The van der Waals surface area contributed by atoms with Crippen LogP contribution >= 0.6 is 0 Å². The Labute approximate surface area is 204 Å². The van der Waals surface area contributed by atoms with Gasteiger partial charge in [-0.1, -0.05) is 20.8 Å². The first-order valence-electron chi connectivity index (χ1n) is 11.8. The van der Waals surface area contributed by atoms with E-state index in [1.807, 2.05) is 0 Å². The number of carboxylic acid groups (broad SMARTS) is 4. The van der Waals surface area contributed by atoms with Crippen LogP contribution in [-0.2, 0) is 28.8 Å². The molecule has 0 fully saturated rings. The molecule has 0 heterocycles. The van der Waals surface area contributed by atoms with Crippen molar-refractivity contribution in [3.05, 3.63) is 0 Å². The van der Waals surface area contributed by atoms with E-state index in [-0.39, 0.29) is 51.5 Å². The van der Waals surface area contributed by atoms with E-state index in [1.165, 1.54) is 4.90 Å². The number of nitrogens with zero attached hydrogens (tertiary/aromatic N) is 1. The van der Waals surface area contributed by atoms with Crippen LogP contribution < -0.4 is 5.32 Å². The Balaban J connectivity index is 5.62. The van der Waals surface area contributed by atoms with Crippen molar-refractivity contribution in [2.75, 3.05) is 6.54 Å². The third-order valence-electron chi connectivity index (χ3n) is 6.74. The predicted octanol–water partition coefficient (Wildman–Crippen LogP) is 1.95. The van der Waals surface area contributed by atoms with E-state index >= 15 is 0 Å². The molecule has 0 aromatic rings. The molecule has 0 spiro atoms. The first-order chi connectivity index (χ1) is 16.3. The molecule has 5 N–H and O–H groups in total. The lowest BCUT2D eigenvalue weighted by Crippen LogP contribution is -2.66. The summed E-state index contributed by atoms with van der Waals surface area (Å²) in [5, 5.41) is 39.9. The van der Waals surface area contributed by atoms with Gasteiger partial charge in [0.15, 0.2) is 0 Å². The summed E-state index contributed by atoms with van der Waals surface area (Å²) in [5.74, 6) is -6.27. The molecule has 0 aromatic carbocycles. The van der Waals surface area contributed by atoms with Crippen molar-refractivity contribution in [1.82, 2.24) is 10.2 Å². The molecule has 2 amide bonds. The smallest absolute Gasteiger partial charge is 0.330 e. The monoisotopic (exact) mass is 502 g/mol. The summed E-state index contributed by atoms with van der Waals surface area (Å²) in [6, 6.07) is -1.38. The van der Waals surface area contributed by atoms with E-state index in [2.05, 4.69) is 5.32 Å². The third kappa shape index (κ3) is 7.93. The molecule has 0 bridgehead atoms. The largest absolute Gasteiger partial charge is 0.481 e. The molecule has 35 heavy (non-hydrogen) atoms. The molecule has 0 saturated carbocycles. The fourth-order valence-corrected chi connectivity index (χ4v) is 4.85. The molecule has 0 radical (unpaired) electrons. The van der Waals surface area contributed by atoms with Crippen LogP contribution in [0.25, 0.3) is 0 Å². The molecule has 0 saturated heterocycles. The normalized spacial score (nSPS) is 13.8. The maximum absolute atomic E-state index is 13.2. The van der Waals surface area contributed by atoms with Gasteiger partial charge in [0.2, 0.25) is 11.8 Å². The highest BCUT2D eigenvalue weighted by Crippen LogP contribution is 2.48. The van der Waals surface area contributed by atoms with Crippen LogP contribution in [0.3, 0.4) is 0 Å². The fourth-order valence-electron chi connectivity index (χ4n) is 4.85. The maximum atomic E-state index is 13.2. The number of carbonyl (C=O) groups is 6. The Morgan fingerprint density at radius 2 is 1.37 bits per heavy atom. The molecule has 0 aliphatic carbocycles. The second-order valence-corrected chi connectivity index (χ2v) is 8.46. The van der Waals surface area contributed by atoms with E-state index in [0.717, 1.165) is 0 Å². The molecule has 1 unspecified atom stereocenters. The summed E-state index contributed by atoms with van der Waals surface area (Å²) in [6.07, 6.45) is -1.19. The lowest BCUT2D eigenvalue weighted by atomic mass is 9.61. The third-order valence-corrected chi connectivity index (χ3v) is 6.74. The second kappa shape index (κ2) is 14.3. The SMILES string of the molecule is CCN(C(=O)CCCC(=O)NC(CCC(=O)O)C(=O)O)[C@](CC)(C(=O)O)C(CC)(CC)CC(=O)O. The van der Waals surface area contributed by atoms with Crippen LogP contribution in [0.15, 0.2) is 0 Å². The number of carboxylic acids is 4. The first kappa shape index (κ1) is 31.8. The molecule has 0 aliphatic heterocycles. The van der Waals surface area contributed by atoms with E-state index in [4.69, 9.17) is 10.2 Å². The van der Waals surface area contributed by atoms with E-state index < -0.39 is 65.5 Å². The van der Waals surface area contributed by atoms with Gasteiger partial charge in [0.25, 0.3) is 0 Å². The Hall–Kier alpha value is -3.18. The van der Waals surface area contributed by atoms with Gasteiger partial charge in [0, 0.05) is 31.2 Å². The van der Waals surface area contributed by atoms with Crippen molar-refractivity contribution in [2.45, 2.75) is 97.1 Å². The van der Waals surface area contributed by atoms with Gasteiger partial charge in [-0.2, -0.15) is 0 Å². The van der Waals surface area contributed by atoms with Crippen LogP contribution in [0.4, 0.5) is 0 Å². The Bertz CT molecular complexity index is 793. The Morgan fingerprint density at radius 1 is 0.800 bits per heavy atom. The zero-order chi connectivity index (χ0) is 27.4. The highest BCUT2D eigenvalue weighted by atomic mass is 16.4. The minimum absolute atomic E-state index is 0.00394. The van der Waals surface area contributed by atoms with Crippen LogP contribution in [0.2, 0.25) is 0 Å². The zero-order valence-corrected chi connectivity index (χ0v) is 20.8. The molecule has 0 aliphatic rings. The van der Waals surface area contributed by atoms with Gasteiger partial charge in [-0.15, -0.1) is 0 Å². The van der Waals surface area contributed by atoms with Gasteiger partial charge < -0.3 is 30.6 Å². The van der Waals surface area contributed by atoms with E-state index in [0.29, 0.717) is 0 Å². The quantitative estimate of drug-likeness (QED) is 0.184. The fraction of sp³-hybridized carbons (Fsp3) is 0.739. The Kier molecular flexibility index (Phi) is 13.0. The summed E-state index contributed by atoms with van der Waals surface area (Å²) in [4.78, 5) is 72.7. The van der Waals surface area contributed by atoms with Crippen molar-refractivity contribution in [1.29, 1.82) is 0 Å². The first-order valence-corrected chi connectivity index (χ1v) is 11.8. The molecule has 2 atom stereocenters. The number of nitrogens with one attached hydrogen (secondary N) is 1. The molecular formula is C23H38N2O10. The predicted molar refractivity (Wildman–Crippen MR) is 124 cm³/mol. The van der Waals surface area contributed by atoms with Gasteiger partial charge in [-0.3, -0.25) is 19.2 Å². The van der Waals surface area contributed by atoms with Crippen molar-refractivity contribution in [3.63, 3.8) is 0 Å². The Morgan fingerprint density at radius 3 is 1.74 bits per heavy atom. The summed E-state index contributed by atoms with van der Waals surface area (Å²) in [6.45, 7) is 6.62. The summed E-state index contributed by atoms with van der Waals surface area (Å²) < 4.78 is 0. The van der Waals surface area contributed by atoms with Gasteiger partial charge in [0.1, 0.15) is 11.6 Å². The number of aliphatic carboxylic acids is 4. The van der Waals surface area contributed by atoms with Crippen molar-refractivity contribution in [3.8, 4) is 0 Å². The van der Waals surface area contributed by atoms with Gasteiger partial charge >= 0.3 is 23.9 Å². The summed E-state index contributed by atoms with van der Waals surface area (Å²) in [7, 11) is 0. The summed E-state index contributed by atoms with van der Waals surface area (Å²) in [5.41, 5.74) is -2.99. The number of hydrogen-bond donors (Lipinski definition) is 5. The number of carbonyl (C=O) groups excluding carboxylic acids is 2. The van der Waals surface area contributed by atoms with Gasteiger partial charge in [0.05, 0.1) is 6.42 Å². The summed E-state index contributed by atoms with van der Waals surface area (Å²) >= 11 is 0. The van der Waals surface area contributed by atoms with Crippen molar-refractivity contribution >= 4 is 35.7 Å². The molecule has 12 nitrogen and oxygen atoms in total. The van der Waals surface area contributed by atoms with E-state index in [1.54, 1.807) is 27.7 Å². The minimum atomic E-state index is -1.77. The van der Waals surface area contributed by atoms with Crippen LogP contribution in [0, 0.1) is 5.41 Å². The molecule has 0 rings (SSSR count). The van der Waals surface area contributed by atoms with Gasteiger partial charge in [-0.05, 0) is 39.0 Å². The van der Waals surface area contributed by atoms with Crippen LogP contribution in [0.5, 0.6) is 0 Å². The van der Waals surface area contributed by atoms with Crippen molar-refractivity contribution < 1.29 is 49.2 Å². The second-order valence-electron chi connectivity index (χ2n) is 8.46. The lowest BCUT2D eigenvalue weighted by molar-refractivity contribution is -0.176. The van der Waals surface area contributed by atoms with Gasteiger partial charge in [-0.25, -0.2) is 9.59 Å². The average molecular weight is 503 g/mol.